The van der Waals surface area contributed by atoms with E-state index in [9.17, 15) is 14.9 Å². The minimum absolute atomic E-state index is 0.115. The van der Waals surface area contributed by atoms with Gasteiger partial charge in [-0.2, -0.15) is 0 Å². The number of para-hydroxylation sites is 1. The average molecular weight is 260 g/mol. The Morgan fingerprint density at radius 3 is 2.11 bits per heavy atom. The van der Waals surface area contributed by atoms with Gasteiger partial charge in [0.05, 0.1) is 4.92 Å². The van der Waals surface area contributed by atoms with Crippen molar-refractivity contribution in [3.8, 4) is 0 Å². The molecular weight excluding hydrogens is 248 g/mol. The van der Waals surface area contributed by atoms with Gasteiger partial charge in [-0.3, -0.25) is 14.9 Å². The molecule has 98 valence electrons. The zero-order chi connectivity index (χ0) is 14.3. The van der Waals surface area contributed by atoms with Crippen molar-refractivity contribution in [1.82, 2.24) is 0 Å². The number of carbonyl (C=O) groups excluding carboxylic acids is 1. The molecule has 2 aromatic carbocycles. The highest BCUT2D eigenvalue weighted by atomic mass is 16.6. The second-order valence-corrected chi connectivity index (χ2v) is 3.47. The van der Waals surface area contributed by atoms with Gasteiger partial charge in [0.1, 0.15) is 5.56 Å². The number of carbonyl (C=O) groups is 1. The van der Waals surface area contributed by atoms with Gasteiger partial charge in [-0.05, 0) is 6.07 Å². The van der Waals surface area contributed by atoms with Crippen molar-refractivity contribution >= 4 is 11.5 Å². The van der Waals surface area contributed by atoms with Crippen LogP contribution in [0.1, 0.15) is 15.9 Å². The second kappa shape index (κ2) is 7.00. The molecule has 0 spiro atoms. The molecule has 0 aliphatic carbocycles. The third kappa shape index (κ3) is 3.44. The Morgan fingerprint density at radius 1 is 1.00 bits per heavy atom. The third-order valence-corrected chi connectivity index (χ3v) is 2.38. The summed E-state index contributed by atoms with van der Waals surface area (Å²) in [7, 11) is 0. The first-order valence-electron chi connectivity index (χ1n) is 5.29. The number of rotatable bonds is 3. The summed E-state index contributed by atoms with van der Waals surface area (Å²) < 4.78 is 0. The van der Waals surface area contributed by atoms with Gasteiger partial charge in [0.25, 0.3) is 5.69 Å². The van der Waals surface area contributed by atoms with Gasteiger partial charge in [0, 0.05) is 11.6 Å². The summed E-state index contributed by atoms with van der Waals surface area (Å²) in [5.41, 5.74) is 0.395. The summed E-state index contributed by atoms with van der Waals surface area (Å²) in [6.45, 7) is 0. The maximum Gasteiger partial charge on any atom is 0.280 e. The molecule has 0 bridgehead atoms. The van der Waals surface area contributed by atoms with Crippen LogP contribution in [0.5, 0.6) is 0 Å². The van der Waals surface area contributed by atoms with Gasteiger partial charge >= 0.3 is 0 Å². The maximum atomic E-state index is 12.1. The highest BCUT2D eigenvalue weighted by Crippen LogP contribution is 2.20. The van der Waals surface area contributed by atoms with E-state index in [2.05, 4.69) is 5.90 Å². The van der Waals surface area contributed by atoms with E-state index < -0.39 is 4.92 Å². The van der Waals surface area contributed by atoms with Crippen molar-refractivity contribution in [3.05, 3.63) is 75.8 Å². The smallest absolute Gasteiger partial charge is 0.280 e. The van der Waals surface area contributed by atoms with Gasteiger partial charge in [0.15, 0.2) is 5.78 Å². The summed E-state index contributed by atoms with van der Waals surface area (Å²) in [6.07, 6.45) is 0. The predicted octanol–water partition coefficient (Wildman–Crippen LogP) is 2.16. The van der Waals surface area contributed by atoms with Crippen molar-refractivity contribution < 1.29 is 14.9 Å². The van der Waals surface area contributed by atoms with Crippen molar-refractivity contribution in [3.63, 3.8) is 0 Å². The SMILES string of the molecule is NO.O=C(c1ccccc1)c1ccccc1[N+](=O)[O-]. The summed E-state index contributed by atoms with van der Waals surface area (Å²) in [6, 6.07) is 14.5. The monoisotopic (exact) mass is 260 g/mol. The molecule has 0 fully saturated rings. The fraction of sp³-hybridized carbons (Fsp3) is 0. The molecule has 0 atom stereocenters. The van der Waals surface area contributed by atoms with E-state index in [0.717, 1.165) is 0 Å². The number of ketones is 1. The van der Waals surface area contributed by atoms with Crippen molar-refractivity contribution in [2.75, 3.05) is 0 Å². The van der Waals surface area contributed by atoms with Gasteiger partial charge in [-0.15, -0.1) is 0 Å². The maximum absolute atomic E-state index is 12.1. The van der Waals surface area contributed by atoms with E-state index in [-0.39, 0.29) is 17.0 Å². The Morgan fingerprint density at radius 2 is 1.53 bits per heavy atom. The van der Waals surface area contributed by atoms with Crippen LogP contribution in [-0.2, 0) is 0 Å². The molecule has 0 aliphatic rings. The number of nitro benzene ring substituents is 1. The Kier molecular flexibility index (Phi) is 5.34. The predicted molar refractivity (Wildman–Crippen MR) is 68.9 cm³/mol. The molecular formula is C13H12N2O4. The molecule has 2 aromatic rings. The second-order valence-electron chi connectivity index (χ2n) is 3.47. The van der Waals surface area contributed by atoms with Gasteiger partial charge in [-0.25, -0.2) is 5.90 Å². The summed E-state index contributed by atoms with van der Waals surface area (Å²) >= 11 is 0. The molecule has 2 rings (SSSR count). The normalized spacial score (nSPS) is 9.16. The lowest BCUT2D eigenvalue weighted by Crippen LogP contribution is -2.04. The van der Waals surface area contributed by atoms with Crippen LogP contribution in [0.3, 0.4) is 0 Å². The molecule has 19 heavy (non-hydrogen) atoms. The highest BCUT2D eigenvalue weighted by Gasteiger charge is 2.19. The standard InChI is InChI=1S/C13H9NO3.H3NO/c15-13(10-6-2-1-3-7-10)11-8-4-5-9-12(11)14(16)17;1-2/h1-9H;2H,1H2. The van der Waals surface area contributed by atoms with Crippen LogP contribution in [0.25, 0.3) is 0 Å². The highest BCUT2D eigenvalue weighted by molar-refractivity contribution is 6.11. The minimum Gasteiger partial charge on any atom is -0.320 e. The average Bonchev–Trinajstić information content (AvgIpc) is 2.49. The molecule has 0 heterocycles. The van der Waals surface area contributed by atoms with Crippen LogP contribution in [0.4, 0.5) is 5.69 Å². The van der Waals surface area contributed by atoms with Gasteiger partial charge < -0.3 is 5.21 Å². The van der Waals surface area contributed by atoms with Crippen molar-refractivity contribution in [2.24, 2.45) is 5.90 Å². The third-order valence-electron chi connectivity index (χ3n) is 2.38. The van der Waals surface area contributed by atoms with E-state index in [1.54, 1.807) is 42.5 Å². The molecule has 6 heteroatoms. The van der Waals surface area contributed by atoms with Gasteiger partial charge in [0.2, 0.25) is 0 Å². The number of hydrogen-bond acceptors (Lipinski definition) is 5. The first kappa shape index (κ1) is 14.5. The number of nitrogens with zero attached hydrogens (tertiary/aromatic N) is 1. The minimum atomic E-state index is -0.545. The molecule has 0 aliphatic heterocycles. The summed E-state index contributed by atoms with van der Waals surface area (Å²) in [4.78, 5) is 22.3. The van der Waals surface area contributed by atoms with E-state index in [1.807, 2.05) is 0 Å². The van der Waals surface area contributed by atoms with Crippen LogP contribution in [0.15, 0.2) is 54.6 Å². The number of nitrogens with two attached hydrogens (primary N) is 1. The van der Waals surface area contributed by atoms with E-state index >= 15 is 0 Å². The van der Waals surface area contributed by atoms with Crippen LogP contribution >= 0.6 is 0 Å². The van der Waals surface area contributed by atoms with Crippen molar-refractivity contribution in [2.45, 2.75) is 0 Å². The lowest BCUT2D eigenvalue weighted by atomic mass is 10.0. The summed E-state index contributed by atoms with van der Waals surface area (Å²) in [5.74, 6) is 3.16. The van der Waals surface area contributed by atoms with E-state index in [1.165, 1.54) is 12.1 Å². The number of benzene rings is 2. The van der Waals surface area contributed by atoms with Crippen LogP contribution in [0, 0.1) is 10.1 Å². The molecule has 0 saturated heterocycles. The lowest BCUT2D eigenvalue weighted by Gasteiger charge is -2.01. The van der Waals surface area contributed by atoms with Gasteiger partial charge in [-0.1, -0.05) is 42.5 Å². The van der Waals surface area contributed by atoms with Crippen LogP contribution < -0.4 is 5.90 Å². The molecule has 0 radical (unpaired) electrons. The zero-order valence-corrected chi connectivity index (χ0v) is 9.89. The van der Waals surface area contributed by atoms with E-state index in [4.69, 9.17) is 5.21 Å². The first-order chi connectivity index (χ1) is 9.20. The fourth-order valence-electron chi connectivity index (χ4n) is 1.57. The lowest BCUT2D eigenvalue weighted by molar-refractivity contribution is -0.385. The molecule has 0 unspecified atom stereocenters. The first-order valence-corrected chi connectivity index (χ1v) is 5.29. The molecule has 0 saturated carbocycles. The van der Waals surface area contributed by atoms with Crippen LogP contribution in [-0.4, -0.2) is 15.9 Å². The van der Waals surface area contributed by atoms with Crippen LogP contribution in [0.2, 0.25) is 0 Å². The molecule has 3 N–H and O–H groups in total. The molecule has 0 amide bonds. The quantitative estimate of drug-likeness (QED) is 0.499. The largest absolute Gasteiger partial charge is 0.320 e. The molecule has 0 aromatic heterocycles. The summed E-state index contributed by atoms with van der Waals surface area (Å²) in [5, 5.41) is 17.3. The number of nitro groups is 1. The topological polar surface area (TPSA) is 106 Å². The Bertz CT molecular complexity index is 570. The van der Waals surface area contributed by atoms with Crippen molar-refractivity contribution in [1.29, 1.82) is 0 Å². The van der Waals surface area contributed by atoms with E-state index in [0.29, 0.717) is 5.56 Å². The zero-order valence-electron chi connectivity index (χ0n) is 9.89. The Balaban J connectivity index is 0.000000861. The fourth-order valence-corrected chi connectivity index (χ4v) is 1.57. The Labute approximate surface area is 109 Å². The molecule has 6 nitrogen and oxygen atoms in total. The Hall–Kier alpha value is -2.57. The number of hydrogen-bond donors (Lipinski definition) is 2.